The molecule has 2 saturated heterocycles. The molecule has 4 fully saturated rings. The summed E-state index contributed by atoms with van der Waals surface area (Å²) in [5.74, 6) is -3.84. The van der Waals surface area contributed by atoms with E-state index in [4.69, 9.17) is 10.5 Å². The summed E-state index contributed by atoms with van der Waals surface area (Å²) in [4.78, 5) is 34.0. The number of amides is 2. The van der Waals surface area contributed by atoms with Gasteiger partial charge in [-0.05, 0) is 48.0 Å². The molecule has 0 bridgehead atoms. The molecule has 2 saturated carbocycles. The lowest BCUT2D eigenvalue weighted by atomic mass is 9.42. The number of H-pyrrole nitrogens is 1. The highest BCUT2D eigenvalue weighted by molar-refractivity contribution is 5.94. The Kier molecular flexibility index (Phi) is 6.49. The Morgan fingerprint density at radius 1 is 1.12 bits per heavy atom. The summed E-state index contributed by atoms with van der Waals surface area (Å²) in [5, 5.41) is 7.01. The molecule has 2 aromatic rings. The van der Waals surface area contributed by atoms with Gasteiger partial charge in [0.25, 0.3) is 11.8 Å². The molecule has 2 amide bonds. The number of carbonyl (C=O) groups is 2. The molecule has 2 aromatic heterocycles. The molecule has 1 spiro atoms. The zero-order valence-electron chi connectivity index (χ0n) is 24.7. The van der Waals surface area contributed by atoms with E-state index in [9.17, 15) is 22.8 Å². The number of alkyl halides is 2. The van der Waals surface area contributed by atoms with E-state index >= 15 is 0 Å². The van der Waals surface area contributed by atoms with Crippen LogP contribution in [-0.2, 0) is 4.79 Å². The molecule has 4 aliphatic rings. The molecule has 42 heavy (non-hydrogen) atoms. The van der Waals surface area contributed by atoms with Crippen molar-refractivity contribution >= 4 is 11.8 Å². The van der Waals surface area contributed by atoms with Crippen molar-refractivity contribution in [2.24, 2.45) is 34.3 Å². The highest BCUT2D eigenvalue weighted by Gasteiger charge is 2.75. The van der Waals surface area contributed by atoms with Crippen molar-refractivity contribution in [2.45, 2.75) is 70.9 Å². The molecule has 0 radical (unpaired) electrons. The SMILES string of the molecule is COc1cc(-c2cc(C(=O)N3CCC(C(N)=O)CC34C[C@H]4C3C(C)(C)C(N4CCC(F)(F)C4)C3(C)C)n[nH]2)c(F)cn1. The van der Waals surface area contributed by atoms with Gasteiger partial charge in [-0.2, -0.15) is 5.10 Å². The molecule has 3 atom stereocenters. The lowest BCUT2D eigenvalue weighted by Gasteiger charge is -2.68. The average Bonchev–Trinajstić information content (AvgIpc) is 3.23. The summed E-state index contributed by atoms with van der Waals surface area (Å²) in [6, 6.07) is 2.93. The van der Waals surface area contributed by atoms with Crippen LogP contribution in [0.25, 0.3) is 11.3 Å². The molecule has 9 nitrogen and oxygen atoms in total. The van der Waals surface area contributed by atoms with Crippen molar-refractivity contribution in [3.05, 3.63) is 29.8 Å². The maximum atomic E-state index is 14.6. The third-order valence-corrected chi connectivity index (χ3v) is 10.7. The van der Waals surface area contributed by atoms with Crippen LogP contribution in [0.2, 0.25) is 0 Å². The Labute approximate surface area is 243 Å². The Morgan fingerprint density at radius 2 is 1.83 bits per heavy atom. The zero-order chi connectivity index (χ0) is 30.4. The second-order valence-electron chi connectivity index (χ2n) is 13.9. The summed E-state index contributed by atoms with van der Waals surface area (Å²) >= 11 is 0. The molecule has 6 rings (SSSR count). The predicted molar refractivity (Wildman–Crippen MR) is 148 cm³/mol. The Hall–Kier alpha value is -3.15. The van der Waals surface area contributed by atoms with Crippen LogP contribution in [0.5, 0.6) is 5.88 Å². The number of pyridine rings is 1. The van der Waals surface area contributed by atoms with Crippen LogP contribution in [0, 0.1) is 34.4 Å². The van der Waals surface area contributed by atoms with E-state index in [1.807, 2.05) is 9.80 Å². The molecule has 2 aliphatic heterocycles. The number of aromatic amines is 1. The van der Waals surface area contributed by atoms with Gasteiger partial charge in [-0.25, -0.2) is 18.2 Å². The highest BCUT2D eigenvalue weighted by Crippen LogP contribution is 2.73. The summed E-state index contributed by atoms with van der Waals surface area (Å²) in [6.45, 7) is 9.07. The first-order valence-electron chi connectivity index (χ1n) is 14.6. The van der Waals surface area contributed by atoms with E-state index in [1.165, 1.54) is 19.2 Å². The molecule has 2 aliphatic carbocycles. The van der Waals surface area contributed by atoms with Gasteiger partial charge in [0, 0.05) is 48.6 Å². The number of primary amides is 1. The maximum absolute atomic E-state index is 14.6. The number of piperidine rings is 1. The third kappa shape index (κ3) is 4.31. The minimum atomic E-state index is -2.67. The van der Waals surface area contributed by atoms with E-state index in [-0.39, 0.29) is 76.5 Å². The number of nitrogens with two attached hydrogens (primary N) is 1. The van der Waals surface area contributed by atoms with Crippen molar-refractivity contribution < 1.29 is 27.5 Å². The number of methoxy groups -OCH3 is 1. The number of hydrogen-bond acceptors (Lipinski definition) is 6. The van der Waals surface area contributed by atoms with Crippen molar-refractivity contribution in [3.63, 3.8) is 0 Å². The van der Waals surface area contributed by atoms with Crippen molar-refractivity contribution in [2.75, 3.05) is 26.7 Å². The molecule has 12 heteroatoms. The van der Waals surface area contributed by atoms with Gasteiger partial charge in [-0.3, -0.25) is 19.6 Å². The topological polar surface area (TPSA) is 117 Å². The molecule has 3 N–H and O–H groups in total. The minimum absolute atomic E-state index is 0.0261. The first kappa shape index (κ1) is 28.9. The minimum Gasteiger partial charge on any atom is -0.481 e. The number of aromatic nitrogens is 3. The normalized spacial score (nSPS) is 32.9. The monoisotopic (exact) mass is 588 g/mol. The van der Waals surface area contributed by atoms with Gasteiger partial charge in [0.2, 0.25) is 11.8 Å². The van der Waals surface area contributed by atoms with Crippen molar-refractivity contribution in [3.8, 4) is 17.1 Å². The number of ether oxygens (including phenoxy) is 1. The third-order valence-electron chi connectivity index (χ3n) is 10.7. The number of hydrogen-bond donors (Lipinski definition) is 2. The number of carbonyl (C=O) groups excluding carboxylic acids is 2. The molecule has 4 heterocycles. The van der Waals surface area contributed by atoms with Gasteiger partial charge in [0.1, 0.15) is 0 Å². The fourth-order valence-corrected chi connectivity index (χ4v) is 9.56. The van der Waals surface area contributed by atoms with Gasteiger partial charge < -0.3 is 15.4 Å². The van der Waals surface area contributed by atoms with Crippen LogP contribution in [0.4, 0.5) is 13.2 Å². The highest BCUT2D eigenvalue weighted by atomic mass is 19.3. The van der Waals surface area contributed by atoms with E-state index in [2.05, 4.69) is 42.9 Å². The Balaban J connectivity index is 1.28. The summed E-state index contributed by atoms with van der Waals surface area (Å²) in [7, 11) is 1.43. The second kappa shape index (κ2) is 9.42. The lowest BCUT2D eigenvalue weighted by molar-refractivity contribution is -0.193. The van der Waals surface area contributed by atoms with Gasteiger partial charge in [-0.15, -0.1) is 0 Å². The molecule has 0 aromatic carbocycles. The van der Waals surface area contributed by atoms with Crippen LogP contribution in [0.15, 0.2) is 18.3 Å². The Morgan fingerprint density at radius 3 is 2.45 bits per heavy atom. The largest absolute Gasteiger partial charge is 0.481 e. The van der Waals surface area contributed by atoms with Crippen LogP contribution < -0.4 is 10.5 Å². The smallest absolute Gasteiger partial charge is 0.274 e. The summed E-state index contributed by atoms with van der Waals surface area (Å²) in [6.07, 6.45) is 2.54. The summed E-state index contributed by atoms with van der Waals surface area (Å²) in [5.41, 5.74) is 5.28. The van der Waals surface area contributed by atoms with Crippen LogP contribution in [0.1, 0.15) is 63.9 Å². The second-order valence-corrected chi connectivity index (χ2v) is 13.9. The number of nitrogens with one attached hydrogen (secondary N) is 1. The number of likely N-dealkylation sites (tertiary alicyclic amines) is 2. The van der Waals surface area contributed by atoms with Gasteiger partial charge >= 0.3 is 0 Å². The van der Waals surface area contributed by atoms with Crippen LogP contribution in [-0.4, -0.2) is 81.0 Å². The van der Waals surface area contributed by atoms with E-state index < -0.39 is 17.3 Å². The van der Waals surface area contributed by atoms with Crippen LogP contribution in [0.3, 0.4) is 0 Å². The number of halogens is 3. The van der Waals surface area contributed by atoms with Gasteiger partial charge in [0.15, 0.2) is 11.5 Å². The lowest BCUT2D eigenvalue weighted by Crippen LogP contribution is -2.71. The molecular weight excluding hydrogens is 549 g/mol. The predicted octanol–water partition coefficient (Wildman–Crippen LogP) is 4.11. The van der Waals surface area contributed by atoms with E-state index in [0.717, 1.165) is 6.20 Å². The molecular formula is C30H39F3N6O3. The first-order chi connectivity index (χ1) is 19.6. The fourth-order valence-electron chi connectivity index (χ4n) is 9.56. The molecule has 2 unspecified atom stereocenters. The van der Waals surface area contributed by atoms with Gasteiger partial charge in [-0.1, -0.05) is 27.7 Å². The number of rotatable bonds is 6. The first-order valence-corrected chi connectivity index (χ1v) is 14.6. The summed E-state index contributed by atoms with van der Waals surface area (Å²) < 4.78 is 48.1. The standard InChI is InChI=1S/C30H39F3N6O3/c1-27(2)23(28(3,4)26(27)38-9-7-30(32,33)15-38)18-13-29(18)12-16(24(34)40)6-8-39(29)25(41)21-11-20(36-37-21)17-10-22(42-5)35-14-19(17)31/h10-11,14,16,18,23,26H,6-9,12-13,15H2,1-5H3,(H2,34,40)(H,36,37)/t16?,18-,23?,26?,29?/m0/s1. The molecule has 228 valence electrons. The zero-order valence-corrected chi connectivity index (χ0v) is 24.7. The quantitative estimate of drug-likeness (QED) is 0.525. The number of nitrogens with zero attached hydrogens (tertiary/aromatic N) is 4. The van der Waals surface area contributed by atoms with Crippen LogP contribution >= 0.6 is 0 Å². The Bertz CT molecular complexity index is 1410. The van der Waals surface area contributed by atoms with Crippen molar-refractivity contribution in [1.29, 1.82) is 0 Å². The van der Waals surface area contributed by atoms with E-state index in [0.29, 0.717) is 38.0 Å². The fraction of sp³-hybridized carbons (Fsp3) is 0.667. The van der Waals surface area contributed by atoms with E-state index in [1.54, 1.807) is 0 Å². The van der Waals surface area contributed by atoms with Crippen molar-refractivity contribution in [1.82, 2.24) is 25.0 Å². The van der Waals surface area contributed by atoms with Gasteiger partial charge in [0.05, 0.1) is 25.5 Å². The maximum Gasteiger partial charge on any atom is 0.274 e. The average molecular weight is 589 g/mol.